The average molecular weight is 393 g/mol. The molecule has 2 N–H and O–H groups in total. The van der Waals surface area contributed by atoms with Crippen molar-refractivity contribution in [1.82, 2.24) is 29.5 Å². The number of aromatic nitrogens is 4. The summed E-state index contributed by atoms with van der Waals surface area (Å²) >= 11 is 0. The fourth-order valence-corrected chi connectivity index (χ4v) is 4.17. The van der Waals surface area contributed by atoms with Crippen LogP contribution in [-0.4, -0.2) is 68.2 Å². The van der Waals surface area contributed by atoms with E-state index in [1.54, 1.807) is 4.90 Å². The van der Waals surface area contributed by atoms with Gasteiger partial charge in [0.15, 0.2) is 5.65 Å². The molecule has 0 aromatic carbocycles. The summed E-state index contributed by atoms with van der Waals surface area (Å²) in [6.07, 6.45) is 8.42. The van der Waals surface area contributed by atoms with Crippen molar-refractivity contribution in [1.29, 1.82) is 0 Å². The third-order valence-electron chi connectivity index (χ3n) is 5.70. The maximum absolute atomic E-state index is 12.1. The number of rotatable bonds is 3. The van der Waals surface area contributed by atoms with Crippen LogP contribution in [0.4, 0.5) is 5.82 Å². The molecule has 2 aliphatic heterocycles. The standard InChI is InChI=1S/C21H27N7O/c1-2-18(29)27-13-6-8-16(14-27)28-21-19(20(22)23-15-24-21)17(25-28)9-7-12-26-10-4-3-5-11-26/h2,15-16H,1,3-6,8,10-14H2,(H2,22,23,24)/t16-/m1/s1. The summed E-state index contributed by atoms with van der Waals surface area (Å²) in [5, 5.41) is 5.45. The van der Waals surface area contributed by atoms with Gasteiger partial charge in [-0.1, -0.05) is 18.9 Å². The Labute approximate surface area is 170 Å². The Morgan fingerprint density at radius 2 is 2.07 bits per heavy atom. The van der Waals surface area contributed by atoms with Gasteiger partial charge in [-0.05, 0) is 50.8 Å². The molecule has 1 amide bonds. The lowest BCUT2D eigenvalue weighted by Gasteiger charge is -2.32. The van der Waals surface area contributed by atoms with Crippen molar-refractivity contribution in [2.45, 2.75) is 38.1 Å². The van der Waals surface area contributed by atoms with E-state index in [1.165, 1.54) is 31.7 Å². The van der Waals surface area contributed by atoms with E-state index < -0.39 is 0 Å². The topological polar surface area (TPSA) is 93.2 Å². The maximum Gasteiger partial charge on any atom is 0.246 e. The molecule has 2 fully saturated rings. The minimum atomic E-state index is -0.0538. The number of hydrogen-bond acceptors (Lipinski definition) is 6. The summed E-state index contributed by atoms with van der Waals surface area (Å²) in [7, 11) is 0. The van der Waals surface area contributed by atoms with Crippen LogP contribution in [0.1, 0.15) is 43.8 Å². The van der Waals surface area contributed by atoms with Gasteiger partial charge in [0.1, 0.15) is 17.8 Å². The van der Waals surface area contributed by atoms with E-state index in [4.69, 9.17) is 10.8 Å². The van der Waals surface area contributed by atoms with Gasteiger partial charge >= 0.3 is 0 Å². The van der Waals surface area contributed by atoms with Crippen molar-refractivity contribution in [2.75, 3.05) is 38.5 Å². The van der Waals surface area contributed by atoms with Crippen LogP contribution in [0.15, 0.2) is 19.0 Å². The lowest BCUT2D eigenvalue weighted by molar-refractivity contribution is -0.127. The number of hydrogen-bond donors (Lipinski definition) is 1. The molecule has 2 aliphatic rings. The van der Waals surface area contributed by atoms with Crippen molar-refractivity contribution in [2.24, 2.45) is 0 Å². The zero-order valence-electron chi connectivity index (χ0n) is 16.7. The van der Waals surface area contributed by atoms with Crippen LogP contribution in [0.25, 0.3) is 11.0 Å². The van der Waals surface area contributed by atoms with Crippen molar-refractivity contribution in [3.63, 3.8) is 0 Å². The van der Waals surface area contributed by atoms with Crippen LogP contribution in [0.2, 0.25) is 0 Å². The summed E-state index contributed by atoms with van der Waals surface area (Å²) in [5.74, 6) is 6.79. The molecule has 8 nitrogen and oxygen atoms in total. The Bertz CT molecular complexity index is 965. The smallest absolute Gasteiger partial charge is 0.246 e. The molecule has 0 unspecified atom stereocenters. The van der Waals surface area contributed by atoms with Crippen LogP contribution in [0.5, 0.6) is 0 Å². The van der Waals surface area contributed by atoms with Crippen LogP contribution in [-0.2, 0) is 4.79 Å². The Morgan fingerprint density at radius 1 is 1.24 bits per heavy atom. The SMILES string of the molecule is C=CC(=O)N1CCC[C@@H](n2nc(C#CCN3CCCCC3)c3c(N)ncnc32)C1. The second-order valence-electron chi connectivity index (χ2n) is 7.67. The quantitative estimate of drug-likeness (QED) is 0.629. The lowest BCUT2D eigenvalue weighted by Crippen LogP contribution is -2.40. The first-order chi connectivity index (χ1) is 14.2. The summed E-state index contributed by atoms with van der Waals surface area (Å²) in [6, 6.07) is 0.0297. The number of nitrogen functional groups attached to an aromatic ring is 1. The molecule has 0 bridgehead atoms. The van der Waals surface area contributed by atoms with Gasteiger partial charge in [-0.3, -0.25) is 9.69 Å². The number of anilines is 1. The zero-order chi connectivity index (χ0) is 20.2. The molecule has 0 saturated carbocycles. The molecular formula is C21H27N7O. The van der Waals surface area contributed by atoms with E-state index in [0.29, 0.717) is 29.1 Å². The largest absolute Gasteiger partial charge is 0.383 e. The van der Waals surface area contributed by atoms with E-state index in [2.05, 4.69) is 33.3 Å². The highest BCUT2D eigenvalue weighted by molar-refractivity contribution is 5.90. The minimum absolute atomic E-state index is 0.0297. The number of nitrogens with two attached hydrogens (primary N) is 1. The average Bonchev–Trinajstić information content (AvgIpc) is 3.14. The van der Waals surface area contributed by atoms with Crippen LogP contribution in [0, 0.1) is 11.8 Å². The highest BCUT2D eigenvalue weighted by atomic mass is 16.2. The Balaban J connectivity index is 1.63. The Kier molecular flexibility index (Phi) is 5.76. The van der Waals surface area contributed by atoms with Gasteiger partial charge in [0.2, 0.25) is 5.91 Å². The van der Waals surface area contributed by atoms with Crippen LogP contribution in [0.3, 0.4) is 0 Å². The Hall–Kier alpha value is -2.92. The maximum atomic E-state index is 12.1. The molecule has 4 heterocycles. The monoisotopic (exact) mass is 393 g/mol. The van der Waals surface area contributed by atoms with Gasteiger partial charge in [-0.15, -0.1) is 0 Å². The van der Waals surface area contributed by atoms with Gasteiger partial charge in [0, 0.05) is 13.1 Å². The van der Waals surface area contributed by atoms with Crippen molar-refractivity contribution < 1.29 is 4.79 Å². The molecule has 0 spiro atoms. The van der Waals surface area contributed by atoms with Gasteiger partial charge < -0.3 is 10.6 Å². The van der Waals surface area contributed by atoms with Crippen LogP contribution < -0.4 is 5.73 Å². The molecule has 1 atom stereocenters. The fraction of sp³-hybridized carbons (Fsp3) is 0.524. The molecule has 0 aliphatic carbocycles. The predicted octanol–water partition coefficient (Wildman–Crippen LogP) is 1.60. The lowest BCUT2D eigenvalue weighted by atomic mass is 10.1. The third-order valence-corrected chi connectivity index (χ3v) is 5.70. The highest BCUT2D eigenvalue weighted by Crippen LogP contribution is 2.28. The number of nitrogens with zero attached hydrogens (tertiary/aromatic N) is 6. The fourth-order valence-electron chi connectivity index (χ4n) is 4.17. The van der Waals surface area contributed by atoms with E-state index in [0.717, 1.165) is 39.0 Å². The highest BCUT2D eigenvalue weighted by Gasteiger charge is 2.27. The molecule has 2 aromatic heterocycles. The molecule has 29 heavy (non-hydrogen) atoms. The number of fused-ring (bicyclic) bond motifs is 1. The first-order valence-corrected chi connectivity index (χ1v) is 10.3. The van der Waals surface area contributed by atoms with Gasteiger partial charge in [-0.25, -0.2) is 14.6 Å². The van der Waals surface area contributed by atoms with E-state index >= 15 is 0 Å². The second kappa shape index (κ2) is 8.62. The molecule has 2 saturated heterocycles. The minimum Gasteiger partial charge on any atom is -0.383 e. The first-order valence-electron chi connectivity index (χ1n) is 10.3. The summed E-state index contributed by atoms with van der Waals surface area (Å²) in [5.41, 5.74) is 7.44. The molecular weight excluding hydrogens is 366 g/mol. The van der Waals surface area contributed by atoms with Crippen molar-refractivity contribution >= 4 is 22.8 Å². The second-order valence-corrected chi connectivity index (χ2v) is 7.67. The Morgan fingerprint density at radius 3 is 2.86 bits per heavy atom. The summed E-state index contributed by atoms with van der Waals surface area (Å²) in [6.45, 7) is 7.84. The van der Waals surface area contributed by atoms with Crippen LogP contribution >= 0.6 is 0 Å². The molecule has 8 heteroatoms. The molecule has 2 aromatic rings. The van der Waals surface area contributed by atoms with Crippen molar-refractivity contribution in [3.05, 3.63) is 24.7 Å². The van der Waals surface area contributed by atoms with E-state index in [1.807, 2.05) is 4.68 Å². The van der Waals surface area contributed by atoms with E-state index in [9.17, 15) is 4.79 Å². The van der Waals surface area contributed by atoms with Gasteiger partial charge in [-0.2, -0.15) is 5.10 Å². The zero-order valence-corrected chi connectivity index (χ0v) is 16.7. The number of piperidine rings is 2. The summed E-state index contributed by atoms with van der Waals surface area (Å²) in [4.78, 5) is 24.8. The normalized spacial score (nSPS) is 20.3. The molecule has 0 radical (unpaired) electrons. The van der Waals surface area contributed by atoms with Crippen molar-refractivity contribution in [3.8, 4) is 11.8 Å². The van der Waals surface area contributed by atoms with Gasteiger partial charge in [0.05, 0.1) is 18.0 Å². The first kappa shape index (κ1) is 19.4. The number of carbonyl (C=O) groups excluding carboxylic acids is 1. The number of amides is 1. The molecule has 4 rings (SSSR count). The predicted molar refractivity (Wildman–Crippen MR) is 112 cm³/mol. The number of carbonyl (C=O) groups is 1. The number of likely N-dealkylation sites (tertiary alicyclic amines) is 2. The van der Waals surface area contributed by atoms with E-state index in [-0.39, 0.29) is 11.9 Å². The summed E-state index contributed by atoms with van der Waals surface area (Å²) < 4.78 is 1.88. The van der Waals surface area contributed by atoms with Gasteiger partial charge in [0.25, 0.3) is 0 Å². The third kappa shape index (κ3) is 4.10. The molecule has 152 valence electrons.